The quantitative estimate of drug-likeness (QED) is 0.581. The molecule has 0 amide bonds. The first-order valence-electron chi connectivity index (χ1n) is 5.46. The lowest BCUT2D eigenvalue weighted by Crippen LogP contribution is -2.08. The normalized spacial score (nSPS) is 8.69. The van der Waals surface area contributed by atoms with Gasteiger partial charge >= 0.3 is 5.97 Å². The third-order valence-electron chi connectivity index (χ3n) is 1.82. The Labute approximate surface area is 96.4 Å². The zero-order valence-corrected chi connectivity index (χ0v) is 10.0. The molecule has 88 valence electrons. The van der Waals surface area contributed by atoms with Crippen LogP contribution in [0.2, 0.25) is 0 Å². The van der Waals surface area contributed by atoms with Crippen molar-refractivity contribution in [2.24, 2.45) is 0 Å². The first-order valence-corrected chi connectivity index (χ1v) is 5.46. The summed E-state index contributed by atoms with van der Waals surface area (Å²) in [6.45, 7) is 6.12. The molecule has 0 atom stereocenters. The fraction of sp³-hybridized carbons (Fsp3) is 0.385. The van der Waals surface area contributed by atoms with Crippen LogP contribution in [0.25, 0.3) is 0 Å². The zero-order chi connectivity index (χ0) is 12.4. The Kier molecular flexibility index (Phi) is 7.76. The van der Waals surface area contributed by atoms with Gasteiger partial charge in [-0.25, -0.2) is 0 Å². The molecule has 0 aliphatic heterocycles. The molecule has 1 aromatic carbocycles. The minimum atomic E-state index is -0.304. The van der Waals surface area contributed by atoms with Gasteiger partial charge in [0.15, 0.2) is 0 Å². The summed E-state index contributed by atoms with van der Waals surface area (Å²) in [6, 6.07) is 6.99. The molecule has 1 rings (SSSR count). The molecule has 0 bridgehead atoms. The van der Waals surface area contributed by atoms with E-state index in [0.717, 1.165) is 6.29 Å². The Morgan fingerprint density at radius 1 is 1.31 bits per heavy atom. The summed E-state index contributed by atoms with van der Waals surface area (Å²) >= 11 is 0. The fourth-order valence-corrected chi connectivity index (χ4v) is 1.18. The molecular weight excluding hydrogens is 204 g/mol. The summed E-state index contributed by atoms with van der Waals surface area (Å²) in [5.41, 5.74) is 1.25. The second-order valence-corrected chi connectivity index (χ2v) is 2.80. The number of hydrogen-bond donors (Lipinski definition) is 0. The van der Waals surface area contributed by atoms with Crippen molar-refractivity contribution < 1.29 is 14.3 Å². The Hall–Kier alpha value is -1.64. The van der Waals surface area contributed by atoms with Gasteiger partial charge in [0.05, 0.1) is 13.0 Å². The number of carbonyl (C=O) groups is 2. The monoisotopic (exact) mass is 222 g/mol. The van der Waals surface area contributed by atoms with Gasteiger partial charge in [0.1, 0.15) is 6.29 Å². The van der Waals surface area contributed by atoms with Gasteiger partial charge in [-0.05, 0) is 12.5 Å². The Morgan fingerprint density at radius 3 is 2.50 bits per heavy atom. The number of carbonyl (C=O) groups excluding carboxylic acids is 2. The smallest absolute Gasteiger partial charge is 0.310 e. The lowest BCUT2D eigenvalue weighted by Gasteiger charge is -2.03. The van der Waals surface area contributed by atoms with Crippen molar-refractivity contribution in [3.63, 3.8) is 0 Å². The van der Waals surface area contributed by atoms with Crippen LogP contribution in [0.15, 0.2) is 24.3 Å². The van der Waals surface area contributed by atoms with Gasteiger partial charge in [0.25, 0.3) is 0 Å². The average molecular weight is 222 g/mol. The first kappa shape index (κ1) is 14.4. The molecule has 3 heteroatoms. The van der Waals surface area contributed by atoms with Crippen molar-refractivity contribution in [2.45, 2.75) is 27.2 Å². The van der Waals surface area contributed by atoms with Crippen LogP contribution in [0.1, 0.15) is 36.7 Å². The van der Waals surface area contributed by atoms with Crippen molar-refractivity contribution in [1.82, 2.24) is 0 Å². The minimum Gasteiger partial charge on any atom is -0.466 e. The zero-order valence-electron chi connectivity index (χ0n) is 10.0. The minimum absolute atomic E-state index is 0.156. The van der Waals surface area contributed by atoms with Crippen LogP contribution in [0.3, 0.4) is 0 Å². The van der Waals surface area contributed by atoms with Crippen LogP contribution in [0, 0.1) is 0 Å². The van der Waals surface area contributed by atoms with Crippen molar-refractivity contribution >= 4 is 12.3 Å². The van der Waals surface area contributed by atoms with Gasteiger partial charge in [-0.2, -0.15) is 0 Å². The molecule has 0 N–H and O–H groups in total. The van der Waals surface area contributed by atoms with E-state index in [1.54, 1.807) is 31.2 Å². The standard InChI is InChI=1S/C11H12O3.C2H6/c1-2-14-11(13)7-9-5-3-4-6-10(9)8-12;1-2/h3-6,8H,2,7H2,1H3;1-2H3. The molecule has 0 fully saturated rings. The van der Waals surface area contributed by atoms with Gasteiger partial charge in [0.2, 0.25) is 0 Å². The summed E-state index contributed by atoms with van der Waals surface area (Å²) in [7, 11) is 0. The summed E-state index contributed by atoms with van der Waals surface area (Å²) in [6.07, 6.45) is 0.900. The number of ether oxygens (including phenoxy) is 1. The summed E-state index contributed by atoms with van der Waals surface area (Å²) in [4.78, 5) is 21.8. The first-order chi connectivity index (χ1) is 7.77. The van der Waals surface area contributed by atoms with E-state index in [-0.39, 0.29) is 12.4 Å². The predicted octanol–water partition coefficient (Wildman–Crippen LogP) is 2.63. The van der Waals surface area contributed by atoms with Gasteiger partial charge in [-0.15, -0.1) is 0 Å². The third kappa shape index (κ3) is 4.73. The molecule has 0 radical (unpaired) electrons. The lowest BCUT2D eigenvalue weighted by atomic mass is 10.1. The molecule has 0 aliphatic rings. The molecule has 0 spiro atoms. The summed E-state index contributed by atoms with van der Waals surface area (Å²) in [5.74, 6) is -0.304. The van der Waals surface area contributed by atoms with Gasteiger partial charge < -0.3 is 4.74 Å². The van der Waals surface area contributed by atoms with E-state index in [0.29, 0.717) is 17.7 Å². The highest BCUT2D eigenvalue weighted by atomic mass is 16.5. The Morgan fingerprint density at radius 2 is 1.94 bits per heavy atom. The Bertz CT molecular complexity index is 332. The van der Waals surface area contributed by atoms with E-state index < -0.39 is 0 Å². The Balaban J connectivity index is 0.00000106. The van der Waals surface area contributed by atoms with Gasteiger partial charge in [-0.1, -0.05) is 38.1 Å². The molecule has 3 nitrogen and oxygen atoms in total. The summed E-state index contributed by atoms with van der Waals surface area (Å²) < 4.78 is 4.79. The molecule has 1 aromatic rings. The summed E-state index contributed by atoms with van der Waals surface area (Å²) in [5, 5.41) is 0. The number of hydrogen-bond acceptors (Lipinski definition) is 3. The van der Waals surface area contributed by atoms with E-state index in [2.05, 4.69) is 0 Å². The van der Waals surface area contributed by atoms with Crippen molar-refractivity contribution in [3.05, 3.63) is 35.4 Å². The molecular formula is C13H18O3. The fourth-order valence-electron chi connectivity index (χ4n) is 1.18. The SMILES string of the molecule is CC.CCOC(=O)Cc1ccccc1C=O. The number of benzene rings is 1. The second kappa shape index (κ2) is 8.65. The highest BCUT2D eigenvalue weighted by molar-refractivity contribution is 5.81. The number of rotatable bonds is 4. The van der Waals surface area contributed by atoms with Crippen molar-refractivity contribution in [3.8, 4) is 0 Å². The molecule has 0 aliphatic carbocycles. The van der Waals surface area contributed by atoms with Gasteiger partial charge in [0, 0.05) is 5.56 Å². The van der Waals surface area contributed by atoms with Crippen LogP contribution in [-0.2, 0) is 16.0 Å². The van der Waals surface area contributed by atoms with Crippen LogP contribution in [0.4, 0.5) is 0 Å². The van der Waals surface area contributed by atoms with Crippen LogP contribution < -0.4 is 0 Å². The lowest BCUT2D eigenvalue weighted by molar-refractivity contribution is -0.142. The molecule has 0 heterocycles. The van der Waals surface area contributed by atoms with Crippen LogP contribution >= 0.6 is 0 Å². The third-order valence-corrected chi connectivity index (χ3v) is 1.82. The van der Waals surface area contributed by atoms with Crippen LogP contribution in [-0.4, -0.2) is 18.9 Å². The second-order valence-electron chi connectivity index (χ2n) is 2.80. The van der Waals surface area contributed by atoms with E-state index in [1.807, 2.05) is 13.8 Å². The van der Waals surface area contributed by atoms with Gasteiger partial charge in [-0.3, -0.25) is 9.59 Å². The maximum absolute atomic E-state index is 11.1. The van der Waals surface area contributed by atoms with E-state index in [1.165, 1.54) is 0 Å². The highest BCUT2D eigenvalue weighted by Crippen LogP contribution is 2.07. The maximum atomic E-state index is 11.1. The molecule has 0 aromatic heterocycles. The number of aldehydes is 1. The largest absolute Gasteiger partial charge is 0.466 e. The van der Waals surface area contributed by atoms with E-state index in [9.17, 15) is 9.59 Å². The van der Waals surface area contributed by atoms with Crippen molar-refractivity contribution in [2.75, 3.05) is 6.61 Å². The maximum Gasteiger partial charge on any atom is 0.310 e. The molecule has 0 saturated carbocycles. The predicted molar refractivity (Wildman–Crippen MR) is 63.5 cm³/mol. The van der Waals surface area contributed by atoms with Crippen LogP contribution in [0.5, 0.6) is 0 Å². The average Bonchev–Trinajstić information content (AvgIpc) is 2.32. The highest BCUT2D eigenvalue weighted by Gasteiger charge is 2.06. The van der Waals surface area contributed by atoms with E-state index in [4.69, 9.17) is 4.74 Å². The topological polar surface area (TPSA) is 43.4 Å². The molecule has 0 saturated heterocycles. The molecule has 0 unspecified atom stereocenters. The van der Waals surface area contributed by atoms with Crippen molar-refractivity contribution in [1.29, 1.82) is 0 Å². The molecule has 16 heavy (non-hydrogen) atoms. The number of esters is 1. The van der Waals surface area contributed by atoms with E-state index >= 15 is 0 Å².